The van der Waals surface area contributed by atoms with Crippen LogP contribution in [-0.4, -0.2) is 10.8 Å². The number of fused-ring (bicyclic) bond motifs is 1. The normalized spacial score (nSPS) is 13.7. The third kappa shape index (κ3) is 2.17. The summed E-state index contributed by atoms with van der Waals surface area (Å²) in [5.41, 5.74) is 9.02. The number of nitrogen functional groups attached to an aromatic ring is 1. The Kier molecular flexibility index (Phi) is 2.91. The van der Waals surface area contributed by atoms with Crippen LogP contribution in [0.3, 0.4) is 0 Å². The fourth-order valence-electron chi connectivity index (χ4n) is 2.34. The second kappa shape index (κ2) is 4.59. The quantitative estimate of drug-likeness (QED) is 0.854. The zero-order valence-corrected chi connectivity index (χ0v) is 11.0. The predicted molar refractivity (Wildman–Crippen MR) is 75.9 cm³/mol. The van der Waals surface area contributed by atoms with Crippen LogP contribution in [0.15, 0.2) is 42.5 Å². The van der Waals surface area contributed by atoms with E-state index in [0.29, 0.717) is 29.4 Å². The average Bonchev–Trinajstić information content (AvgIpc) is 2.70. The van der Waals surface area contributed by atoms with E-state index in [1.54, 1.807) is 11.0 Å². The monoisotopic (exact) mass is 272 g/mol. The SMILES string of the molecule is Nc1ccc2c(c1)C(=O)N(Cc1ccccc1Cl)C2. The number of hydrogen-bond donors (Lipinski definition) is 1. The lowest BCUT2D eigenvalue weighted by Gasteiger charge is -2.16. The smallest absolute Gasteiger partial charge is 0.254 e. The van der Waals surface area contributed by atoms with Crippen molar-refractivity contribution in [2.24, 2.45) is 0 Å². The van der Waals surface area contributed by atoms with Crippen molar-refractivity contribution >= 4 is 23.2 Å². The van der Waals surface area contributed by atoms with Gasteiger partial charge in [-0.1, -0.05) is 35.9 Å². The van der Waals surface area contributed by atoms with Crippen molar-refractivity contribution in [1.82, 2.24) is 4.90 Å². The van der Waals surface area contributed by atoms with Gasteiger partial charge in [0.15, 0.2) is 0 Å². The lowest BCUT2D eigenvalue weighted by atomic mass is 10.1. The highest BCUT2D eigenvalue weighted by Crippen LogP contribution is 2.27. The third-order valence-corrected chi connectivity index (χ3v) is 3.70. The summed E-state index contributed by atoms with van der Waals surface area (Å²) in [6, 6.07) is 13.1. The van der Waals surface area contributed by atoms with Crippen molar-refractivity contribution in [3.8, 4) is 0 Å². The number of anilines is 1. The Labute approximate surface area is 116 Å². The molecule has 19 heavy (non-hydrogen) atoms. The van der Waals surface area contributed by atoms with E-state index in [9.17, 15) is 4.79 Å². The van der Waals surface area contributed by atoms with Gasteiger partial charge in [0.2, 0.25) is 0 Å². The molecule has 0 radical (unpaired) electrons. The Balaban J connectivity index is 1.87. The van der Waals surface area contributed by atoms with Gasteiger partial charge in [0.1, 0.15) is 0 Å². The molecule has 2 aromatic carbocycles. The van der Waals surface area contributed by atoms with Gasteiger partial charge in [0, 0.05) is 29.4 Å². The zero-order valence-electron chi connectivity index (χ0n) is 10.3. The topological polar surface area (TPSA) is 46.3 Å². The van der Waals surface area contributed by atoms with Gasteiger partial charge in [-0.15, -0.1) is 0 Å². The molecule has 1 aliphatic rings. The van der Waals surface area contributed by atoms with E-state index in [-0.39, 0.29) is 5.91 Å². The van der Waals surface area contributed by atoms with Crippen LogP contribution in [0.25, 0.3) is 0 Å². The van der Waals surface area contributed by atoms with Gasteiger partial charge in [-0.2, -0.15) is 0 Å². The Hall–Kier alpha value is -2.00. The molecule has 0 bridgehead atoms. The molecule has 0 aliphatic carbocycles. The first-order chi connectivity index (χ1) is 9.15. The van der Waals surface area contributed by atoms with Crippen LogP contribution in [0.4, 0.5) is 5.69 Å². The van der Waals surface area contributed by atoms with Gasteiger partial charge in [0.05, 0.1) is 0 Å². The van der Waals surface area contributed by atoms with E-state index in [2.05, 4.69) is 0 Å². The minimum atomic E-state index is 0.0159. The van der Waals surface area contributed by atoms with Crippen molar-refractivity contribution in [2.75, 3.05) is 5.73 Å². The number of carbonyl (C=O) groups is 1. The summed E-state index contributed by atoms with van der Waals surface area (Å²) in [5.74, 6) is 0.0159. The Morgan fingerprint density at radius 2 is 2.00 bits per heavy atom. The van der Waals surface area contributed by atoms with Crippen molar-refractivity contribution < 1.29 is 4.79 Å². The maximum absolute atomic E-state index is 12.3. The Morgan fingerprint density at radius 3 is 2.79 bits per heavy atom. The van der Waals surface area contributed by atoms with Gasteiger partial charge in [-0.25, -0.2) is 0 Å². The van der Waals surface area contributed by atoms with E-state index in [4.69, 9.17) is 17.3 Å². The number of hydrogen-bond acceptors (Lipinski definition) is 2. The number of halogens is 1. The van der Waals surface area contributed by atoms with Crippen LogP contribution >= 0.6 is 11.6 Å². The maximum Gasteiger partial charge on any atom is 0.254 e. The first kappa shape index (κ1) is 12.1. The summed E-state index contributed by atoms with van der Waals surface area (Å²) in [6.07, 6.45) is 0. The van der Waals surface area contributed by atoms with Gasteiger partial charge >= 0.3 is 0 Å². The summed E-state index contributed by atoms with van der Waals surface area (Å²) in [4.78, 5) is 14.1. The van der Waals surface area contributed by atoms with Gasteiger partial charge in [-0.05, 0) is 29.3 Å². The van der Waals surface area contributed by atoms with E-state index >= 15 is 0 Å². The molecule has 2 N–H and O–H groups in total. The lowest BCUT2D eigenvalue weighted by molar-refractivity contribution is 0.0767. The van der Waals surface area contributed by atoms with Gasteiger partial charge < -0.3 is 10.6 Å². The second-order valence-electron chi connectivity index (χ2n) is 4.67. The highest BCUT2D eigenvalue weighted by molar-refractivity contribution is 6.31. The molecule has 0 spiro atoms. The molecule has 4 heteroatoms. The molecule has 3 nitrogen and oxygen atoms in total. The lowest BCUT2D eigenvalue weighted by Crippen LogP contribution is -2.23. The summed E-state index contributed by atoms with van der Waals surface area (Å²) in [6.45, 7) is 1.13. The number of carbonyl (C=O) groups excluding carboxylic acids is 1. The van der Waals surface area contributed by atoms with E-state index in [1.165, 1.54) is 0 Å². The first-order valence-electron chi connectivity index (χ1n) is 6.06. The first-order valence-corrected chi connectivity index (χ1v) is 6.44. The summed E-state index contributed by atoms with van der Waals surface area (Å²) in [7, 11) is 0. The van der Waals surface area contributed by atoms with Gasteiger partial charge in [0.25, 0.3) is 5.91 Å². The minimum Gasteiger partial charge on any atom is -0.399 e. The molecule has 3 rings (SSSR count). The third-order valence-electron chi connectivity index (χ3n) is 3.33. The average molecular weight is 273 g/mol. The Morgan fingerprint density at radius 1 is 1.21 bits per heavy atom. The number of benzene rings is 2. The molecule has 0 unspecified atom stereocenters. The van der Waals surface area contributed by atoms with Crippen molar-refractivity contribution in [2.45, 2.75) is 13.1 Å². The molecule has 1 aliphatic heterocycles. The minimum absolute atomic E-state index is 0.0159. The van der Waals surface area contributed by atoms with Crippen molar-refractivity contribution in [3.05, 3.63) is 64.2 Å². The van der Waals surface area contributed by atoms with Crippen LogP contribution < -0.4 is 5.73 Å². The second-order valence-corrected chi connectivity index (χ2v) is 5.08. The highest BCUT2D eigenvalue weighted by atomic mass is 35.5. The number of nitrogens with two attached hydrogens (primary N) is 1. The van der Waals surface area contributed by atoms with E-state index in [0.717, 1.165) is 11.1 Å². The van der Waals surface area contributed by atoms with Gasteiger partial charge in [-0.3, -0.25) is 4.79 Å². The largest absolute Gasteiger partial charge is 0.399 e. The molecule has 2 aromatic rings. The van der Waals surface area contributed by atoms with Crippen molar-refractivity contribution in [3.63, 3.8) is 0 Å². The van der Waals surface area contributed by atoms with Crippen LogP contribution in [0.5, 0.6) is 0 Å². The van der Waals surface area contributed by atoms with Crippen LogP contribution in [0.2, 0.25) is 5.02 Å². The number of rotatable bonds is 2. The van der Waals surface area contributed by atoms with E-state index < -0.39 is 0 Å². The fraction of sp³-hybridized carbons (Fsp3) is 0.133. The molecule has 1 amide bonds. The van der Waals surface area contributed by atoms with Crippen LogP contribution in [-0.2, 0) is 13.1 Å². The molecule has 0 fully saturated rings. The highest BCUT2D eigenvalue weighted by Gasteiger charge is 2.27. The van der Waals surface area contributed by atoms with Crippen LogP contribution in [0, 0.1) is 0 Å². The Bertz CT molecular complexity index is 654. The summed E-state index contributed by atoms with van der Waals surface area (Å²) in [5, 5.41) is 0.686. The van der Waals surface area contributed by atoms with Crippen LogP contribution in [0.1, 0.15) is 21.5 Å². The maximum atomic E-state index is 12.3. The molecule has 96 valence electrons. The number of nitrogens with zero attached hydrogens (tertiary/aromatic N) is 1. The molecular formula is C15H13ClN2O. The molecule has 0 saturated heterocycles. The van der Waals surface area contributed by atoms with E-state index in [1.807, 2.05) is 36.4 Å². The zero-order chi connectivity index (χ0) is 13.4. The molecular weight excluding hydrogens is 260 g/mol. The molecule has 0 atom stereocenters. The number of amides is 1. The summed E-state index contributed by atoms with van der Waals surface area (Å²) < 4.78 is 0. The van der Waals surface area contributed by atoms with Crippen molar-refractivity contribution in [1.29, 1.82) is 0 Å². The fourth-order valence-corrected chi connectivity index (χ4v) is 2.53. The summed E-state index contributed by atoms with van der Waals surface area (Å²) >= 11 is 6.13. The molecule has 0 aromatic heterocycles. The standard InChI is InChI=1S/C15H13ClN2O/c16-14-4-2-1-3-11(14)9-18-8-10-5-6-12(17)7-13(10)15(18)19/h1-7H,8-9,17H2. The molecule has 1 heterocycles. The predicted octanol–water partition coefficient (Wildman–Crippen LogP) is 3.08. The molecule has 0 saturated carbocycles.